The van der Waals surface area contributed by atoms with Crippen molar-refractivity contribution in [2.24, 2.45) is 0 Å². The van der Waals surface area contributed by atoms with E-state index in [1.54, 1.807) is 12.1 Å². The third-order valence-corrected chi connectivity index (χ3v) is 5.22. The average molecular weight is 408 g/mol. The molecule has 2 aromatic carbocycles. The molecule has 3 N–H and O–H groups in total. The number of ether oxygens (including phenoxy) is 1. The molecule has 0 aliphatic carbocycles. The maximum Gasteiger partial charge on any atom is 0.174 e. The lowest BCUT2D eigenvalue weighted by Gasteiger charge is -2.26. The molecule has 3 rings (SSSR count). The van der Waals surface area contributed by atoms with Crippen LogP contribution in [0.2, 0.25) is 0 Å². The number of phenolic OH excluding ortho intramolecular Hbond substituents is 3. The predicted molar refractivity (Wildman–Crippen MR) is 116 cm³/mol. The monoisotopic (exact) mass is 408 g/mol. The highest BCUT2D eigenvalue weighted by Crippen LogP contribution is 2.42. The zero-order valence-corrected chi connectivity index (χ0v) is 17.6. The van der Waals surface area contributed by atoms with Gasteiger partial charge in [0.05, 0.1) is 6.42 Å². The van der Waals surface area contributed by atoms with Crippen molar-refractivity contribution < 1.29 is 24.9 Å². The zero-order chi connectivity index (χ0) is 21.8. The Morgan fingerprint density at radius 3 is 2.57 bits per heavy atom. The van der Waals surface area contributed by atoms with E-state index in [-0.39, 0.29) is 40.8 Å². The summed E-state index contributed by atoms with van der Waals surface area (Å²) < 4.78 is 5.90. The van der Waals surface area contributed by atoms with E-state index in [1.807, 2.05) is 6.07 Å². The Kier molecular flexibility index (Phi) is 6.50. The first-order chi connectivity index (χ1) is 14.2. The molecule has 5 nitrogen and oxygen atoms in total. The normalized spacial score (nSPS) is 16.0. The van der Waals surface area contributed by atoms with Gasteiger partial charge in [0.15, 0.2) is 5.78 Å². The lowest BCUT2D eigenvalue weighted by Crippen LogP contribution is -2.20. The molecule has 0 fully saturated rings. The molecule has 5 heteroatoms. The van der Waals surface area contributed by atoms with Crippen LogP contribution in [0.4, 0.5) is 0 Å². The number of ketones is 1. The van der Waals surface area contributed by atoms with Crippen molar-refractivity contribution in [1.29, 1.82) is 0 Å². The number of carbonyl (C=O) groups excluding carboxylic acids is 1. The molecule has 0 spiro atoms. The van der Waals surface area contributed by atoms with Gasteiger partial charge in [-0.3, -0.25) is 4.79 Å². The number of allylic oxidation sites excluding steroid dienone is 4. The summed E-state index contributed by atoms with van der Waals surface area (Å²) in [5.41, 5.74) is 4.17. The lowest BCUT2D eigenvalue weighted by atomic mass is 9.94. The molecule has 1 aliphatic heterocycles. The molecule has 158 valence electrons. The molecule has 0 aromatic heterocycles. The van der Waals surface area contributed by atoms with E-state index in [1.165, 1.54) is 17.2 Å². The smallest absolute Gasteiger partial charge is 0.174 e. The molecule has 0 saturated heterocycles. The Bertz CT molecular complexity index is 1010. The summed E-state index contributed by atoms with van der Waals surface area (Å²) in [5, 5.41) is 29.9. The minimum absolute atomic E-state index is 0.0765. The topological polar surface area (TPSA) is 87.0 Å². The predicted octanol–water partition coefficient (Wildman–Crippen LogP) is 5.75. The minimum atomic E-state index is -0.548. The number of carbonyl (C=O) groups is 1. The fraction of sp³-hybridized carbons (Fsp3) is 0.320. The maximum atomic E-state index is 12.5. The molecule has 1 heterocycles. The van der Waals surface area contributed by atoms with Crippen LogP contribution in [0.1, 0.15) is 67.6 Å². The Morgan fingerprint density at radius 1 is 1.07 bits per heavy atom. The van der Waals surface area contributed by atoms with E-state index in [4.69, 9.17) is 4.74 Å². The van der Waals surface area contributed by atoms with Crippen molar-refractivity contribution in [2.75, 3.05) is 0 Å². The number of aromatic hydroxyl groups is 3. The van der Waals surface area contributed by atoms with Gasteiger partial charge in [0.25, 0.3) is 0 Å². The van der Waals surface area contributed by atoms with Gasteiger partial charge in [-0.15, -0.1) is 0 Å². The highest BCUT2D eigenvalue weighted by Gasteiger charge is 2.31. The van der Waals surface area contributed by atoms with E-state index >= 15 is 0 Å². The summed E-state index contributed by atoms with van der Waals surface area (Å²) in [6.45, 7) is 6.25. The van der Waals surface area contributed by atoms with Crippen molar-refractivity contribution in [3.63, 3.8) is 0 Å². The molecule has 1 aliphatic rings. The Balaban J connectivity index is 1.78. The largest absolute Gasteiger partial charge is 0.508 e. The van der Waals surface area contributed by atoms with Crippen LogP contribution in [0.25, 0.3) is 0 Å². The second-order valence-electron chi connectivity index (χ2n) is 8.03. The van der Waals surface area contributed by atoms with Gasteiger partial charge in [-0.05, 0) is 63.3 Å². The molecule has 0 saturated carbocycles. The van der Waals surface area contributed by atoms with Crippen LogP contribution in [-0.4, -0.2) is 21.1 Å². The molecule has 1 unspecified atom stereocenters. The number of rotatable bonds is 6. The van der Waals surface area contributed by atoms with E-state index in [9.17, 15) is 20.1 Å². The molecule has 0 amide bonds. The number of phenols is 3. The zero-order valence-electron chi connectivity index (χ0n) is 17.6. The van der Waals surface area contributed by atoms with Gasteiger partial charge in [0.2, 0.25) is 0 Å². The molecule has 1 atom stereocenters. The molecule has 2 aromatic rings. The van der Waals surface area contributed by atoms with E-state index in [0.29, 0.717) is 6.42 Å². The fourth-order valence-corrected chi connectivity index (χ4v) is 3.56. The van der Waals surface area contributed by atoms with Crippen molar-refractivity contribution in [1.82, 2.24) is 0 Å². The van der Waals surface area contributed by atoms with Gasteiger partial charge < -0.3 is 20.1 Å². The van der Waals surface area contributed by atoms with Crippen LogP contribution >= 0.6 is 0 Å². The van der Waals surface area contributed by atoms with E-state index in [2.05, 4.69) is 32.9 Å². The Hall–Kier alpha value is -3.21. The first-order valence-electron chi connectivity index (χ1n) is 10.1. The first kappa shape index (κ1) is 21.5. The van der Waals surface area contributed by atoms with Gasteiger partial charge in [0.1, 0.15) is 34.7 Å². The van der Waals surface area contributed by atoms with E-state index < -0.39 is 6.10 Å². The lowest BCUT2D eigenvalue weighted by molar-refractivity contribution is 0.0845. The third-order valence-electron chi connectivity index (χ3n) is 5.22. The number of hydrogen-bond donors (Lipinski definition) is 3. The first-order valence-corrected chi connectivity index (χ1v) is 10.1. The minimum Gasteiger partial charge on any atom is -0.508 e. The number of Topliss-reactive ketones (excluding diaryl/α,β-unsaturated/α-hetero) is 1. The summed E-state index contributed by atoms with van der Waals surface area (Å²) in [4.78, 5) is 12.5. The van der Waals surface area contributed by atoms with Crippen molar-refractivity contribution in [3.8, 4) is 23.0 Å². The summed E-state index contributed by atoms with van der Waals surface area (Å²) in [6.07, 6.45) is 6.39. The second kappa shape index (κ2) is 9.08. The Morgan fingerprint density at radius 2 is 1.83 bits per heavy atom. The van der Waals surface area contributed by atoms with E-state index in [0.717, 1.165) is 30.0 Å². The average Bonchev–Trinajstić information content (AvgIpc) is 2.66. The maximum absolute atomic E-state index is 12.5. The van der Waals surface area contributed by atoms with Gasteiger partial charge in [-0.1, -0.05) is 29.4 Å². The van der Waals surface area contributed by atoms with Crippen LogP contribution in [-0.2, 0) is 6.42 Å². The van der Waals surface area contributed by atoms with Gasteiger partial charge in [-0.25, -0.2) is 0 Å². The van der Waals surface area contributed by atoms with Gasteiger partial charge in [-0.2, -0.15) is 0 Å². The highest BCUT2D eigenvalue weighted by molar-refractivity contribution is 6.02. The summed E-state index contributed by atoms with van der Waals surface area (Å²) in [7, 11) is 0. The molecule has 0 radical (unpaired) electrons. The van der Waals surface area contributed by atoms with Crippen molar-refractivity contribution in [2.45, 2.75) is 52.6 Å². The van der Waals surface area contributed by atoms with Crippen molar-refractivity contribution in [3.05, 3.63) is 70.3 Å². The number of fused-ring (bicyclic) bond motifs is 1. The molecule has 30 heavy (non-hydrogen) atoms. The summed E-state index contributed by atoms with van der Waals surface area (Å²) >= 11 is 0. The fourth-order valence-electron chi connectivity index (χ4n) is 3.56. The van der Waals surface area contributed by atoms with Crippen molar-refractivity contribution >= 4 is 5.78 Å². The third kappa shape index (κ3) is 5.03. The molecule has 0 bridgehead atoms. The van der Waals surface area contributed by atoms with Crippen LogP contribution in [0.5, 0.6) is 23.0 Å². The molecular weight excluding hydrogens is 380 g/mol. The molecular formula is C25H28O5. The Labute approximate surface area is 177 Å². The standard InChI is InChI=1S/C25H28O5/c1-15(2)5-4-6-16(3)7-8-17-11-18(9-10-20(17)27)23-14-22(29)25-21(28)12-19(26)13-24(25)30-23/h5,7,9-13,23,26-28H,4,6,8,14H2,1-3H3. The number of hydrogen-bond acceptors (Lipinski definition) is 5. The van der Waals surface area contributed by atoms with Crippen LogP contribution in [0.15, 0.2) is 53.6 Å². The quantitative estimate of drug-likeness (QED) is 0.530. The SMILES string of the molecule is CC(C)=CCCC(C)=CCc1cc(C2CC(=O)c3c(O)cc(O)cc3O2)ccc1O. The number of benzene rings is 2. The van der Waals surface area contributed by atoms with Crippen LogP contribution in [0, 0.1) is 0 Å². The van der Waals surface area contributed by atoms with Crippen LogP contribution < -0.4 is 4.74 Å². The summed E-state index contributed by atoms with van der Waals surface area (Å²) in [5.74, 6) is -0.333. The van der Waals surface area contributed by atoms with Crippen LogP contribution in [0.3, 0.4) is 0 Å². The van der Waals surface area contributed by atoms with Gasteiger partial charge >= 0.3 is 0 Å². The second-order valence-corrected chi connectivity index (χ2v) is 8.03. The van der Waals surface area contributed by atoms with Gasteiger partial charge in [0, 0.05) is 12.1 Å². The summed E-state index contributed by atoms with van der Waals surface area (Å²) in [6, 6.07) is 7.65. The highest BCUT2D eigenvalue weighted by atomic mass is 16.5.